The molecule has 0 heterocycles. The van der Waals surface area contributed by atoms with E-state index in [1.165, 1.54) is 43.6 Å². The Balaban J connectivity index is 2.63. The summed E-state index contributed by atoms with van der Waals surface area (Å²) in [5, 5.41) is 34.5. The topological polar surface area (TPSA) is 116 Å². The Labute approximate surface area is 174 Å². The van der Waals surface area contributed by atoms with Crippen LogP contribution < -0.4 is 5.32 Å². The van der Waals surface area contributed by atoms with Crippen molar-refractivity contribution in [1.29, 1.82) is 0 Å². The summed E-state index contributed by atoms with van der Waals surface area (Å²) in [5.74, 6) is 8.56. The van der Waals surface area contributed by atoms with E-state index in [4.69, 9.17) is 0 Å². The van der Waals surface area contributed by atoms with Crippen LogP contribution in [0.1, 0.15) is 0 Å². The molecule has 4 N–H and O–H groups in total. The molecule has 0 saturated heterocycles. The second-order valence-electron chi connectivity index (χ2n) is 5.57. The molecule has 0 radical (unpaired) electrons. The highest BCUT2D eigenvalue weighted by Crippen LogP contribution is 2.41. The van der Waals surface area contributed by atoms with Gasteiger partial charge in [-0.25, -0.2) is 4.79 Å². The number of allylic oxidation sites excluding steroid dienone is 2. The molecule has 0 saturated carbocycles. The minimum absolute atomic E-state index is 0.0462. The smallest absolute Gasteiger partial charge is 0.411 e. The molecule has 2 bridgehead atoms. The van der Waals surface area contributed by atoms with E-state index in [-0.39, 0.29) is 11.3 Å². The lowest BCUT2D eigenvalue weighted by molar-refractivity contribution is -0.139. The van der Waals surface area contributed by atoms with Gasteiger partial charge in [0.25, 0.3) is 0 Å². The molecule has 4 atom stereocenters. The fraction of sp³-hybridized carbons (Fsp3) is 0.389. The van der Waals surface area contributed by atoms with Gasteiger partial charge in [-0.3, -0.25) is 10.1 Å². The summed E-state index contributed by atoms with van der Waals surface area (Å²) >= 11 is 0. The largest absolute Gasteiger partial charge is 0.453 e. The summed E-state index contributed by atoms with van der Waals surface area (Å²) in [5.41, 5.74) is -2.60. The number of ketones is 1. The molecule has 1 unspecified atom stereocenters. The van der Waals surface area contributed by atoms with Gasteiger partial charge in [0, 0.05) is 0 Å². The first-order valence-electron chi connectivity index (χ1n) is 7.93. The molecule has 1 amide bonds. The first-order chi connectivity index (χ1) is 13.4. The normalized spacial score (nSPS) is 29.8. The number of rotatable bonds is 6. The van der Waals surface area contributed by atoms with Crippen LogP contribution in [0.15, 0.2) is 23.4 Å². The molecule has 7 nitrogen and oxygen atoms in total. The lowest BCUT2D eigenvalue weighted by Crippen LogP contribution is -2.59. The van der Waals surface area contributed by atoms with Crippen LogP contribution >= 0.6 is 31.4 Å². The number of ether oxygens (including phenoxy) is 1. The quantitative estimate of drug-likeness (QED) is 0.205. The van der Waals surface area contributed by atoms with E-state index < -0.39 is 35.6 Å². The van der Waals surface area contributed by atoms with Crippen molar-refractivity contribution in [3.63, 3.8) is 0 Å². The van der Waals surface area contributed by atoms with Crippen LogP contribution in [0.3, 0.4) is 0 Å². The van der Waals surface area contributed by atoms with Crippen molar-refractivity contribution in [3.05, 3.63) is 29.8 Å². The number of Topliss-reactive ketones (excluding diaryl/α,β-unsaturated/α-hetero) is 1. The molecule has 2 aliphatic carbocycles. The van der Waals surface area contributed by atoms with Gasteiger partial charge in [-0.05, 0) is 33.8 Å². The van der Waals surface area contributed by atoms with Gasteiger partial charge in [0.05, 0.1) is 12.8 Å². The van der Waals surface area contributed by atoms with E-state index in [9.17, 15) is 24.9 Å². The van der Waals surface area contributed by atoms with Crippen molar-refractivity contribution in [2.75, 3.05) is 19.1 Å². The van der Waals surface area contributed by atoms with E-state index in [1.54, 1.807) is 6.42 Å². The number of aliphatic hydroxyl groups is 3. The number of hydrogen-bond donors (Lipinski definition) is 4. The molecule has 0 fully saturated rings. The average Bonchev–Trinajstić information content (AvgIpc) is 2.68. The number of alkyl carbamates (subject to hydrolysis) is 1. The van der Waals surface area contributed by atoms with E-state index >= 15 is 0 Å². The zero-order valence-electron chi connectivity index (χ0n) is 15.0. The van der Waals surface area contributed by atoms with Gasteiger partial charge in [0.1, 0.15) is 11.7 Å². The van der Waals surface area contributed by atoms with Crippen molar-refractivity contribution in [2.24, 2.45) is 5.92 Å². The number of amides is 1. The Morgan fingerprint density at radius 1 is 1.39 bits per heavy atom. The molecule has 28 heavy (non-hydrogen) atoms. The number of carbonyl (C=O) groups excluding carboxylic acids is 2. The predicted molar refractivity (Wildman–Crippen MR) is 111 cm³/mol. The SMILES string of the molecule is COC(=O)NC1=C2C([CH-]CSSSC)[C@](O)(C#C/C=C\C#C[C@@H]2O)[C@H](O)C1=O. The summed E-state index contributed by atoms with van der Waals surface area (Å²) in [4.78, 5) is 24.4. The summed E-state index contributed by atoms with van der Waals surface area (Å²) in [6.07, 6.45) is 1.87. The van der Waals surface area contributed by atoms with E-state index in [0.29, 0.717) is 5.75 Å². The summed E-state index contributed by atoms with van der Waals surface area (Å²) < 4.78 is 4.53. The number of carbonyl (C=O) groups is 2. The van der Waals surface area contributed by atoms with Crippen LogP contribution in [-0.4, -0.2) is 64.1 Å². The molecule has 0 spiro atoms. The van der Waals surface area contributed by atoms with E-state index in [0.717, 1.165) is 7.11 Å². The number of nitrogens with one attached hydrogen (secondary N) is 1. The summed E-state index contributed by atoms with van der Waals surface area (Å²) in [6, 6.07) is 0. The van der Waals surface area contributed by atoms with Crippen molar-refractivity contribution < 1.29 is 29.6 Å². The minimum atomic E-state index is -2.19. The first kappa shape index (κ1) is 22.8. The second-order valence-corrected chi connectivity index (χ2v) is 9.94. The minimum Gasteiger partial charge on any atom is -0.453 e. The van der Waals surface area contributed by atoms with Gasteiger partial charge in [0.15, 0.2) is 6.10 Å². The van der Waals surface area contributed by atoms with Crippen LogP contribution in [0.25, 0.3) is 0 Å². The second kappa shape index (κ2) is 10.3. The highest BCUT2D eigenvalue weighted by Gasteiger charge is 2.50. The van der Waals surface area contributed by atoms with E-state index in [2.05, 4.69) is 33.7 Å². The van der Waals surface area contributed by atoms with Gasteiger partial charge in [-0.2, -0.15) is 0 Å². The molecule has 150 valence electrons. The van der Waals surface area contributed by atoms with Crippen LogP contribution in [-0.2, 0) is 9.53 Å². The van der Waals surface area contributed by atoms with Crippen molar-refractivity contribution >= 4 is 43.3 Å². The lowest BCUT2D eigenvalue weighted by Gasteiger charge is -2.47. The average molecular weight is 441 g/mol. The Kier molecular flexibility index (Phi) is 8.38. The zero-order chi connectivity index (χ0) is 20.7. The Hall–Kier alpha value is -1.53. The number of hydrogen-bond acceptors (Lipinski definition) is 9. The van der Waals surface area contributed by atoms with Gasteiger partial charge in [-0.15, -0.1) is 16.5 Å². The van der Waals surface area contributed by atoms with Gasteiger partial charge < -0.3 is 26.5 Å². The number of aliphatic hydroxyl groups excluding tert-OH is 2. The van der Waals surface area contributed by atoms with Crippen molar-refractivity contribution in [3.8, 4) is 23.7 Å². The van der Waals surface area contributed by atoms with Gasteiger partial charge >= 0.3 is 6.09 Å². The van der Waals surface area contributed by atoms with Crippen LogP contribution in [0.2, 0.25) is 0 Å². The Morgan fingerprint density at radius 2 is 2.11 bits per heavy atom. The van der Waals surface area contributed by atoms with Gasteiger partial charge in [0.2, 0.25) is 5.78 Å². The molecule has 0 aromatic rings. The van der Waals surface area contributed by atoms with E-state index in [1.807, 2.05) is 6.26 Å². The van der Waals surface area contributed by atoms with Gasteiger partial charge in [-0.1, -0.05) is 40.4 Å². The molecular formula is C18H18NO6S3-. The third-order valence-electron chi connectivity index (χ3n) is 3.98. The van der Waals surface area contributed by atoms with Crippen molar-refractivity contribution in [2.45, 2.75) is 17.8 Å². The predicted octanol–water partition coefficient (Wildman–Crippen LogP) is 0.689. The van der Waals surface area contributed by atoms with Crippen LogP contribution in [0, 0.1) is 36.0 Å². The molecule has 0 aromatic carbocycles. The fourth-order valence-corrected chi connectivity index (χ4v) is 5.22. The summed E-state index contributed by atoms with van der Waals surface area (Å²) in [7, 11) is 5.61. The maximum absolute atomic E-state index is 12.7. The third-order valence-corrected chi connectivity index (χ3v) is 7.73. The Bertz CT molecular complexity index is 819. The maximum Gasteiger partial charge on any atom is 0.411 e. The van der Waals surface area contributed by atoms with Crippen LogP contribution in [0.4, 0.5) is 4.79 Å². The molecule has 10 heteroatoms. The number of methoxy groups -OCH3 is 1. The number of fused-ring (bicyclic) bond motifs is 2. The lowest BCUT2D eigenvalue weighted by atomic mass is 9.68. The highest BCUT2D eigenvalue weighted by atomic mass is 33.5. The third kappa shape index (κ3) is 4.90. The first-order valence-corrected chi connectivity index (χ1v) is 12.0. The zero-order valence-corrected chi connectivity index (χ0v) is 17.4. The van der Waals surface area contributed by atoms with Crippen molar-refractivity contribution in [1.82, 2.24) is 5.32 Å². The molecule has 2 aliphatic rings. The fourth-order valence-electron chi connectivity index (χ4n) is 2.74. The molecule has 2 rings (SSSR count). The van der Waals surface area contributed by atoms with Crippen LogP contribution in [0.5, 0.6) is 0 Å². The standard InChI is InChI=1S/C18H18NO6S3/c1-25-17(23)19-14-13-11(8-10-27-28-26-2)18(24,16(22)15(14)21)9-6-4-3-5-7-12(13)20/h3-4,8,11-12,16,20,22,24H,10H2,1-2H3,(H,19,23)/q-1/b4-3-/t11?,12-,16+,18+/m0/s1. The molecular weight excluding hydrogens is 422 g/mol. The Morgan fingerprint density at radius 3 is 2.79 bits per heavy atom. The monoisotopic (exact) mass is 440 g/mol. The summed E-state index contributed by atoms with van der Waals surface area (Å²) in [6.45, 7) is 0. The highest BCUT2D eigenvalue weighted by molar-refractivity contribution is 9.09. The molecule has 0 aromatic heterocycles. The molecule has 0 aliphatic heterocycles. The maximum atomic E-state index is 12.7.